The summed E-state index contributed by atoms with van der Waals surface area (Å²) in [6, 6.07) is 11.7. The summed E-state index contributed by atoms with van der Waals surface area (Å²) in [4.78, 5) is 4.05. The van der Waals surface area contributed by atoms with Crippen molar-refractivity contribution in [1.29, 1.82) is 0 Å². The topological polar surface area (TPSA) is 38.1 Å². The van der Waals surface area contributed by atoms with Crippen LogP contribution in [0.5, 0.6) is 0 Å². The molecule has 3 aromatic rings. The minimum absolute atomic E-state index is 0.0455. The molecule has 0 saturated carbocycles. The predicted molar refractivity (Wildman–Crippen MR) is 85.2 cm³/mol. The number of nitrogens with one attached hydrogen (secondary N) is 1. The molecule has 102 valence electrons. The minimum atomic E-state index is 0.0455. The van der Waals surface area contributed by atoms with Crippen LogP contribution in [0.1, 0.15) is 18.7 Å². The third kappa shape index (κ3) is 2.81. The largest absolute Gasteiger partial charge is 0.459 e. The van der Waals surface area contributed by atoms with Crippen LogP contribution in [-0.2, 0) is 0 Å². The Bertz CT molecular complexity index is 739. The number of fused-ring (bicyclic) bond motifs is 1. The van der Waals surface area contributed by atoms with Gasteiger partial charge in [0.2, 0.25) is 0 Å². The Labute approximate surface area is 130 Å². The summed E-state index contributed by atoms with van der Waals surface area (Å²) in [7, 11) is 0. The standard InChI is InChI=1S/C15H12BrClN2O/c1-9(19-12-3-5-15(17)18-8-12)14-7-10-6-11(16)2-4-13(10)20-14/h2-9,19H,1H3. The summed E-state index contributed by atoms with van der Waals surface area (Å²) in [5, 5.41) is 4.90. The van der Waals surface area contributed by atoms with Gasteiger partial charge in [-0.15, -0.1) is 0 Å². The average molecular weight is 352 g/mol. The van der Waals surface area contributed by atoms with Gasteiger partial charge in [0.25, 0.3) is 0 Å². The van der Waals surface area contributed by atoms with Crippen LogP contribution in [0.25, 0.3) is 11.0 Å². The monoisotopic (exact) mass is 350 g/mol. The lowest BCUT2D eigenvalue weighted by molar-refractivity contribution is 0.526. The van der Waals surface area contributed by atoms with E-state index in [0.29, 0.717) is 5.15 Å². The van der Waals surface area contributed by atoms with Crippen LogP contribution in [0, 0.1) is 0 Å². The first-order chi connectivity index (χ1) is 9.61. The van der Waals surface area contributed by atoms with Crippen molar-refractivity contribution in [2.75, 3.05) is 5.32 Å². The number of nitrogens with zero attached hydrogens (tertiary/aromatic N) is 1. The second-order valence-corrected chi connectivity index (χ2v) is 5.87. The number of furan rings is 1. The van der Waals surface area contributed by atoms with Crippen molar-refractivity contribution in [1.82, 2.24) is 4.98 Å². The molecule has 2 heterocycles. The summed E-state index contributed by atoms with van der Waals surface area (Å²) in [5.41, 5.74) is 1.79. The Morgan fingerprint density at radius 3 is 2.85 bits per heavy atom. The highest BCUT2D eigenvalue weighted by Crippen LogP contribution is 2.28. The van der Waals surface area contributed by atoms with E-state index < -0.39 is 0 Å². The molecular weight excluding hydrogens is 340 g/mol. The first-order valence-electron chi connectivity index (χ1n) is 6.19. The van der Waals surface area contributed by atoms with Gasteiger partial charge < -0.3 is 9.73 Å². The second kappa shape index (κ2) is 5.46. The Balaban J connectivity index is 1.84. The lowest BCUT2D eigenvalue weighted by Gasteiger charge is -2.12. The van der Waals surface area contributed by atoms with E-state index in [4.69, 9.17) is 16.0 Å². The predicted octanol–water partition coefficient (Wildman–Crippen LogP) is 5.42. The molecule has 0 amide bonds. The Morgan fingerprint density at radius 2 is 2.10 bits per heavy atom. The number of hydrogen-bond donors (Lipinski definition) is 1. The van der Waals surface area contributed by atoms with E-state index >= 15 is 0 Å². The molecule has 2 aromatic heterocycles. The smallest absolute Gasteiger partial charge is 0.134 e. The molecular formula is C15H12BrClN2O. The zero-order valence-corrected chi connectivity index (χ0v) is 13.1. The summed E-state index contributed by atoms with van der Waals surface area (Å²) in [6.45, 7) is 2.04. The quantitative estimate of drug-likeness (QED) is 0.641. The van der Waals surface area contributed by atoms with Crippen molar-refractivity contribution in [3.05, 3.63) is 58.0 Å². The average Bonchev–Trinajstić information content (AvgIpc) is 2.84. The highest BCUT2D eigenvalue weighted by atomic mass is 79.9. The number of benzene rings is 1. The lowest BCUT2D eigenvalue weighted by Crippen LogP contribution is -2.05. The zero-order chi connectivity index (χ0) is 14.1. The van der Waals surface area contributed by atoms with Gasteiger partial charge in [0.1, 0.15) is 16.5 Å². The third-order valence-electron chi connectivity index (χ3n) is 3.03. The molecule has 0 aliphatic carbocycles. The van der Waals surface area contributed by atoms with Crippen LogP contribution in [0.2, 0.25) is 5.15 Å². The molecule has 1 N–H and O–H groups in total. The number of rotatable bonds is 3. The van der Waals surface area contributed by atoms with Gasteiger partial charge in [-0.05, 0) is 43.3 Å². The van der Waals surface area contributed by atoms with E-state index in [9.17, 15) is 0 Å². The van der Waals surface area contributed by atoms with Crippen molar-refractivity contribution in [3.63, 3.8) is 0 Å². The first-order valence-corrected chi connectivity index (χ1v) is 7.36. The van der Waals surface area contributed by atoms with E-state index in [-0.39, 0.29) is 6.04 Å². The van der Waals surface area contributed by atoms with E-state index in [1.54, 1.807) is 12.3 Å². The van der Waals surface area contributed by atoms with Crippen molar-refractivity contribution in [2.24, 2.45) is 0 Å². The van der Waals surface area contributed by atoms with Crippen molar-refractivity contribution in [3.8, 4) is 0 Å². The molecule has 1 unspecified atom stereocenters. The van der Waals surface area contributed by atoms with Crippen LogP contribution in [0.4, 0.5) is 5.69 Å². The maximum absolute atomic E-state index is 5.85. The molecule has 1 aromatic carbocycles. The Morgan fingerprint density at radius 1 is 1.25 bits per heavy atom. The Hall–Kier alpha value is -1.52. The molecule has 3 rings (SSSR count). The van der Waals surface area contributed by atoms with Crippen LogP contribution in [0.3, 0.4) is 0 Å². The number of halogens is 2. The second-order valence-electron chi connectivity index (χ2n) is 4.57. The zero-order valence-electron chi connectivity index (χ0n) is 10.7. The van der Waals surface area contributed by atoms with Gasteiger partial charge in [-0.1, -0.05) is 27.5 Å². The fourth-order valence-electron chi connectivity index (χ4n) is 2.03. The van der Waals surface area contributed by atoms with Gasteiger partial charge in [-0.2, -0.15) is 0 Å². The van der Waals surface area contributed by atoms with Crippen molar-refractivity contribution in [2.45, 2.75) is 13.0 Å². The molecule has 5 heteroatoms. The highest BCUT2D eigenvalue weighted by Gasteiger charge is 2.11. The van der Waals surface area contributed by atoms with Gasteiger partial charge >= 0.3 is 0 Å². The lowest BCUT2D eigenvalue weighted by atomic mass is 10.2. The van der Waals surface area contributed by atoms with E-state index in [1.807, 2.05) is 37.3 Å². The minimum Gasteiger partial charge on any atom is -0.459 e. The number of aromatic nitrogens is 1. The number of hydrogen-bond acceptors (Lipinski definition) is 3. The molecule has 0 fully saturated rings. The van der Waals surface area contributed by atoms with E-state index in [0.717, 1.165) is 26.9 Å². The number of anilines is 1. The van der Waals surface area contributed by atoms with Gasteiger partial charge in [0, 0.05) is 9.86 Å². The Kier molecular flexibility index (Phi) is 3.68. The molecule has 0 bridgehead atoms. The van der Waals surface area contributed by atoms with Crippen molar-refractivity contribution < 1.29 is 4.42 Å². The summed E-state index contributed by atoms with van der Waals surface area (Å²) in [6.07, 6.45) is 1.71. The third-order valence-corrected chi connectivity index (χ3v) is 3.75. The van der Waals surface area contributed by atoms with Crippen molar-refractivity contribution >= 4 is 44.2 Å². The van der Waals surface area contributed by atoms with E-state index in [1.165, 1.54) is 0 Å². The molecule has 0 spiro atoms. The van der Waals surface area contributed by atoms with Crippen LogP contribution in [-0.4, -0.2) is 4.98 Å². The fraction of sp³-hybridized carbons (Fsp3) is 0.133. The normalized spacial score (nSPS) is 12.6. The van der Waals surface area contributed by atoms with Crippen LogP contribution < -0.4 is 5.32 Å². The molecule has 1 atom stereocenters. The SMILES string of the molecule is CC(Nc1ccc(Cl)nc1)c1cc2cc(Br)ccc2o1. The van der Waals surface area contributed by atoms with Gasteiger partial charge in [0.05, 0.1) is 17.9 Å². The van der Waals surface area contributed by atoms with E-state index in [2.05, 4.69) is 26.2 Å². The molecule has 0 radical (unpaired) electrons. The highest BCUT2D eigenvalue weighted by molar-refractivity contribution is 9.10. The summed E-state index contributed by atoms with van der Waals surface area (Å²) < 4.78 is 6.89. The van der Waals surface area contributed by atoms with Crippen LogP contribution >= 0.6 is 27.5 Å². The molecule has 20 heavy (non-hydrogen) atoms. The van der Waals surface area contributed by atoms with Crippen LogP contribution in [0.15, 0.2) is 51.5 Å². The molecule has 0 aliphatic rings. The number of pyridine rings is 1. The summed E-state index contributed by atoms with van der Waals surface area (Å²) >= 11 is 9.23. The van der Waals surface area contributed by atoms with Gasteiger partial charge in [-0.3, -0.25) is 0 Å². The first kappa shape index (κ1) is 13.5. The molecule has 0 saturated heterocycles. The molecule has 3 nitrogen and oxygen atoms in total. The van der Waals surface area contributed by atoms with Gasteiger partial charge in [-0.25, -0.2) is 4.98 Å². The maximum atomic E-state index is 5.85. The van der Waals surface area contributed by atoms with Gasteiger partial charge in [0.15, 0.2) is 0 Å². The molecule has 0 aliphatic heterocycles. The maximum Gasteiger partial charge on any atom is 0.134 e. The fourth-order valence-corrected chi connectivity index (χ4v) is 2.52. The summed E-state index contributed by atoms with van der Waals surface area (Å²) in [5.74, 6) is 0.882.